The number of para-hydroxylation sites is 1. The van der Waals surface area contributed by atoms with Crippen LogP contribution in [0.4, 0.5) is 10.1 Å². The zero-order valence-electron chi connectivity index (χ0n) is 10.1. The van der Waals surface area contributed by atoms with E-state index in [9.17, 15) is 9.18 Å². The lowest BCUT2D eigenvalue weighted by atomic mass is 10.2. The number of benzene rings is 2. The van der Waals surface area contributed by atoms with Gasteiger partial charge in [0.2, 0.25) is 0 Å². The van der Waals surface area contributed by atoms with Crippen LogP contribution >= 0.6 is 15.9 Å². The second-order valence-electron chi connectivity index (χ2n) is 3.78. The smallest absolute Gasteiger partial charge is 0.255 e. The highest BCUT2D eigenvalue weighted by molar-refractivity contribution is 9.10. The fourth-order valence-corrected chi connectivity index (χ4v) is 1.95. The molecule has 0 aliphatic carbocycles. The maximum absolute atomic E-state index is 13.5. The summed E-state index contributed by atoms with van der Waals surface area (Å²) >= 11 is 3.33. The molecule has 1 N–H and O–H groups in total. The third-order valence-electron chi connectivity index (χ3n) is 2.54. The van der Waals surface area contributed by atoms with Crippen molar-refractivity contribution in [3.05, 3.63) is 58.3 Å². The van der Waals surface area contributed by atoms with Crippen molar-refractivity contribution in [2.24, 2.45) is 0 Å². The lowest BCUT2D eigenvalue weighted by molar-refractivity contribution is 0.102. The van der Waals surface area contributed by atoms with Crippen molar-refractivity contribution in [3.63, 3.8) is 0 Å². The van der Waals surface area contributed by atoms with E-state index >= 15 is 0 Å². The number of halogens is 2. The van der Waals surface area contributed by atoms with Gasteiger partial charge in [0.15, 0.2) is 11.6 Å². The summed E-state index contributed by atoms with van der Waals surface area (Å²) in [6, 6.07) is 11.3. The van der Waals surface area contributed by atoms with Crippen LogP contribution in [0.5, 0.6) is 5.75 Å². The Morgan fingerprint density at radius 2 is 2.00 bits per heavy atom. The number of hydrogen-bond acceptors (Lipinski definition) is 2. The molecule has 2 rings (SSSR count). The van der Waals surface area contributed by atoms with E-state index in [0.717, 1.165) is 10.5 Å². The fraction of sp³-hybridized carbons (Fsp3) is 0.0714. The van der Waals surface area contributed by atoms with Gasteiger partial charge < -0.3 is 10.1 Å². The molecule has 0 spiro atoms. The Hall–Kier alpha value is -1.88. The molecule has 0 saturated carbocycles. The van der Waals surface area contributed by atoms with E-state index in [1.165, 1.54) is 19.2 Å². The van der Waals surface area contributed by atoms with Gasteiger partial charge in [0, 0.05) is 10.0 Å². The van der Waals surface area contributed by atoms with Crippen LogP contribution in [0, 0.1) is 5.82 Å². The topological polar surface area (TPSA) is 38.3 Å². The highest BCUT2D eigenvalue weighted by Gasteiger charge is 2.11. The molecule has 0 fully saturated rings. The van der Waals surface area contributed by atoms with Crippen LogP contribution in [0.1, 0.15) is 10.4 Å². The summed E-state index contributed by atoms with van der Waals surface area (Å²) in [6.07, 6.45) is 0. The molecule has 0 bridgehead atoms. The Bertz CT molecular complexity index is 616. The SMILES string of the molecule is COc1ccc(C(=O)Nc2ccccc2Br)cc1F. The Kier molecular flexibility index (Phi) is 4.16. The van der Waals surface area contributed by atoms with E-state index < -0.39 is 5.82 Å². The van der Waals surface area contributed by atoms with E-state index in [-0.39, 0.29) is 17.2 Å². The third-order valence-corrected chi connectivity index (χ3v) is 3.23. The minimum absolute atomic E-state index is 0.109. The molecule has 0 unspecified atom stereocenters. The number of anilines is 1. The van der Waals surface area contributed by atoms with Gasteiger partial charge in [0.25, 0.3) is 5.91 Å². The van der Waals surface area contributed by atoms with Crippen molar-refractivity contribution in [3.8, 4) is 5.75 Å². The van der Waals surface area contributed by atoms with E-state index in [0.29, 0.717) is 5.69 Å². The van der Waals surface area contributed by atoms with E-state index in [1.807, 2.05) is 12.1 Å². The average Bonchev–Trinajstić information content (AvgIpc) is 2.41. The van der Waals surface area contributed by atoms with Crippen LogP contribution < -0.4 is 10.1 Å². The highest BCUT2D eigenvalue weighted by atomic mass is 79.9. The quantitative estimate of drug-likeness (QED) is 0.931. The molecular weight excluding hydrogens is 313 g/mol. The third kappa shape index (κ3) is 3.12. The second-order valence-corrected chi connectivity index (χ2v) is 4.64. The van der Waals surface area contributed by atoms with Crippen LogP contribution in [0.15, 0.2) is 46.9 Å². The number of carbonyl (C=O) groups excluding carboxylic acids is 1. The number of carbonyl (C=O) groups is 1. The first-order chi connectivity index (χ1) is 9.11. The van der Waals surface area contributed by atoms with Crippen molar-refractivity contribution < 1.29 is 13.9 Å². The number of rotatable bonds is 3. The molecule has 0 aliphatic heterocycles. The zero-order chi connectivity index (χ0) is 13.8. The first-order valence-electron chi connectivity index (χ1n) is 5.51. The maximum Gasteiger partial charge on any atom is 0.255 e. The van der Waals surface area contributed by atoms with E-state index in [4.69, 9.17) is 4.74 Å². The molecule has 98 valence electrons. The van der Waals surface area contributed by atoms with Gasteiger partial charge in [-0.1, -0.05) is 12.1 Å². The second kappa shape index (κ2) is 5.84. The Labute approximate surface area is 118 Å². The van der Waals surface area contributed by atoms with Gasteiger partial charge in [-0.15, -0.1) is 0 Å². The summed E-state index contributed by atoms with van der Waals surface area (Å²) in [4.78, 5) is 12.0. The molecule has 0 saturated heterocycles. The van der Waals surface area contributed by atoms with E-state index in [2.05, 4.69) is 21.2 Å². The monoisotopic (exact) mass is 323 g/mol. The van der Waals surface area contributed by atoms with Gasteiger partial charge in [0.05, 0.1) is 12.8 Å². The molecule has 3 nitrogen and oxygen atoms in total. The molecule has 2 aromatic carbocycles. The molecule has 0 heterocycles. The molecule has 1 amide bonds. The molecule has 5 heteroatoms. The van der Waals surface area contributed by atoms with Gasteiger partial charge in [-0.3, -0.25) is 4.79 Å². The number of amides is 1. The summed E-state index contributed by atoms with van der Waals surface area (Å²) in [6.45, 7) is 0. The largest absolute Gasteiger partial charge is 0.494 e. The predicted molar refractivity (Wildman–Crippen MR) is 75.0 cm³/mol. The van der Waals surface area contributed by atoms with Crippen molar-refractivity contribution in [1.82, 2.24) is 0 Å². The molecule has 19 heavy (non-hydrogen) atoms. The minimum Gasteiger partial charge on any atom is -0.494 e. The van der Waals surface area contributed by atoms with E-state index in [1.54, 1.807) is 12.1 Å². The van der Waals surface area contributed by atoms with Gasteiger partial charge >= 0.3 is 0 Å². The predicted octanol–water partition coefficient (Wildman–Crippen LogP) is 3.85. The summed E-state index contributed by atoms with van der Waals surface area (Å²) in [5.41, 5.74) is 0.859. The number of ether oxygens (including phenoxy) is 1. The van der Waals surface area contributed by atoms with Gasteiger partial charge in [0.1, 0.15) is 0 Å². The highest BCUT2D eigenvalue weighted by Crippen LogP contribution is 2.23. The van der Waals surface area contributed by atoms with Crippen LogP contribution in [0.25, 0.3) is 0 Å². The first-order valence-corrected chi connectivity index (χ1v) is 6.30. The van der Waals surface area contributed by atoms with Crippen LogP contribution in [0.2, 0.25) is 0 Å². The summed E-state index contributed by atoms with van der Waals surface area (Å²) < 4.78 is 19.1. The minimum atomic E-state index is -0.567. The molecule has 0 atom stereocenters. The molecule has 2 aromatic rings. The van der Waals surface area contributed by atoms with Gasteiger partial charge in [-0.25, -0.2) is 4.39 Å². The van der Waals surface area contributed by atoms with Crippen molar-refractivity contribution >= 4 is 27.5 Å². The molecular formula is C14H11BrFNO2. The number of hydrogen-bond donors (Lipinski definition) is 1. The Balaban J connectivity index is 2.21. The Morgan fingerprint density at radius 1 is 1.26 bits per heavy atom. The fourth-order valence-electron chi connectivity index (χ4n) is 1.56. The maximum atomic E-state index is 13.5. The van der Waals surface area contributed by atoms with Crippen molar-refractivity contribution in [1.29, 1.82) is 0 Å². The summed E-state index contributed by atoms with van der Waals surface area (Å²) in [5.74, 6) is -0.840. The molecule has 0 aromatic heterocycles. The number of methoxy groups -OCH3 is 1. The molecule has 0 aliphatic rings. The zero-order valence-corrected chi connectivity index (χ0v) is 11.7. The van der Waals surface area contributed by atoms with Crippen LogP contribution in [0.3, 0.4) is 0 Å². The summed E-state index contributed by atoms with van der Waals surface area (Å²) in [7, 11) is 1.37. The van der Waals surface area contributed by atoms with Gasteiger partial charge in [-0.05, 0) is 46.3 Å². The standard InChI is InChI=1S/C14H11BrFNO2/c1-19-13-7-6-9(8-11(13)16)14(18)17-12-5-3-2-4-10(12)15/h2-8H,1H3,(H,17,18). The summed E-state index contributed by atoms with van der Waals surface area (Å²) in [5, 5.41) is 2.70. The lowest BCUT2D eigenvalue weighted by Gasteiger charge is -2.08. The average molecular weight is 324 g/mol. The number of nitrogens with one attached hydrogen (secondary N) is 1. The first kappa shape index (κ1) is 13.5. The van der Waals surface area contributed by atoms with Crippen molar-refractivity contribution in [2.45, 2.75) is 0 Å². The van der Waals surface area contributed by atoms with Crippen LogP contribution in [-0.4, -0.2) is 13.0 Å². The van der Waals surface area contributed by atoms with Gasteiger partial charge in [-0.2, -0.15) is 0 Å². The molecule has 0 radical (unpaired) electrons. The van der Waals surface area contributed by atoms with Crippen molar-refractivity contribution in [2.75, 3.05) is 12.4 Å². The van der Waals surface area contributed by atoms with Crippen LogP contribution in [-0.2, 0) is 0 Å². The lowest BCUT2D eigenvalue weighted by Crippen LogP contribution is -2.12. The normalized spacial score (nSPS) is 10.1. The Morgan fingerprint density at radius 3 is 2.63 bits per heavy atom.